The molecule has 0 bridgehead atoms. The van der Waals surface area contributed by atoms with E-state index >= 15 is 0 Å². The second kappa shape index (κ2) is 6.65. The Hall–Kier alpha value is -1.02. The molecule has 0 radical (unpaired) electrons. The molecule has 0 saturated heterocycles. The summed E-state index contributed by atoms with van der Waals surface area (Å²) < 4.78 is 0. The van der Waals surface area contributed by atoms with E-state index in [0.717, 1.165) is 13.1 Å². The molecular weight excluding hydrogens is 208 g/mol. The molecule has 0 atom stereocenters. The van der Waals surface area contributed by atoms with Crippen LogP contribution in [0.2, 0.25) is 0 Å². The second-order valence-electron chi connectivity index (χ2n) is 5.30. The average molecular weight is 234 g/mol. The van der Waals surface area contributed by atoms with Crippen LogP contribution < -0.4 is 10.2 Å². The second-order valence-corrected chi connectivity index (χ2v) is 5.30. The van der Waals surface area contributed by atoms with Crippen LogP contribution >= 0.6 is 0 Å². The number of hydrogen-bond acceptors (Lipinski definition) is 2. The van der Waals surface area contributed by atoms with E-state index in [1.807, 2.05) is 7.05 Å². The molecular formula is C15H26N2. The monoisotopic (exact) mass is 234 g/mol. The van der Waals surface area contributed by atoms with Gasteiger partial charge in [-0.15, -0.1) is 0 Å². The summed E-state index contributed by atoms with van der Waals surface area (Å²) in [6.07, 6.45) is 0. The van der Waals surface area contributed by atoms with Crippen LogP contribution in [0.15, 0.2) is 24.3 Å². The van der Waals surface area contributed by atoms with E-state index in [1.165, 1.54) is 11.3 Å². The van der Waals surface area contributed by atoms with Gasteiger partial charge in [-0.05, 0) is 38.4 Å². The molecule has 0 aliphatic carbocycles. The first-order valence-electron chi connectivity index (χ1n) is 6.55. The van der Waals surface area contributed by atoms with Crippen molar-refractivity contribution in [3.63, 3.8) is 0 Å². The lowest BCUT2D eigenvalue weighted by molar-refractivity contribution is 0.568. The van der Waals surface area contributed by atoms with Crippen LogP contribution in [0.25, 0.3) is 0 Å². The van der Waals surface area contributed by atoms with Crippen molar-refractivity contribution in [1.29, 1.82) is 0 Å². The minimum atomic E-state index is 0.537. The third kappa shape index (κ3) is 4.04. The van der Waals surface area contributed by atoms with E-state index < -0.39 is 0 Å². The molecule has 0 saturated carbocycles. The number of para-hydroxylation sites is 1. The molecule has 0 heterocycles. The molecule has 0 spiro atoms. The Bertz CT molecular complexity index is 331. The molecule has 0 fully saturated rings. The van der Waals surface area contributed by atoms with Crippen LogP contribution in [0.1, 0.15) is 33.3 Å². The van der Waals surface area contributed by atoms with Crippen molar-refractivity contribution in [3.05, 3.63) is 29.8 Å². The van der Waals surface area contributed by atoms with Gasteiger partial charge in [-0.1, -0.05) is 32.0 Å². The lowest BCUT2D eigenvalue weighted by Crippen LogP contribution is -2.35. The van der Waals surface area contributed by atoms with E-state index in [0.29, 0.717) is 12.0 Å². The minimum Gasteiger partial charge on any atom is -0.369 e. The molecule has 96 valence electrons. The predicted octanol–water partition coefficient (Wildman–Crippen LogP) is 3.28. The number of nitrogens with zero attached hydrogens (tertiary/aromatic N) is 1. The average Bonchev–Trinajstić information content (AvgIpc) is 2.27. The van der Waals surface area contributed by atoms with Gasteiger partial charge < -0.3 is 10.2 Å². The topological polar surface area (TPSA) is 15.3 Å². The Labute approximate surface area is 106 Å². The molecule has 1 aromatic rings. The summed E-state index contributed by atoms with van der Waals surface area (Å²) in [7, 11) is 2.00. The van der Waals surface area contributed by atoms with Crippen molar-refractivity contribution in [2.75, 3.05) is 18.5 Å². The van der Waals surface area contributed by atoms with E-state index in [4.69, 9.17) is 0 Å². The van der Waals surface area contributed by atoms with Gasteiger partial charge in [0.2, 0.25) is 0 Å². The summed E-state index contributed by atoms with van der Waals surface area (Å²) in [5, 5.41) is 3.24. The fourth-order valence-electron chi connectivity index (χ4n) is 2.11. The van der Waals surface area contributed by atoms with Crippen molar-refractivity contribution in [2.45, 2.75) is 40.3 Å². The number of anilines is 1. The van der Waals surface area contributed by atoms with Crippen molar-refractivity contribution >= 4 is 5.69 Å². The fourth-order valence-corrected chi connectivity index (χ4v) is 2.11. The maximum atomic E-state index is 3.24. The summed E-state index contributed by atoms with van der Waals surface area (Å²) in [4.78, 5) is 2.50. The summed E-state index contributed by atoms with van der Waals surface area (Å²) in [6, 6.07) is 9.22. The molecule has 1 aromatic carbocycles. The van der Waals surface area contributed by atoms with E-state index in [2.05, 4.69) is 62.2 Å². The van der Waals surface area contributed by atoms with Crippen LogP contribution in [0.3, 0.4) is 0 Å². The summed E-state index contributed by atoms with van der Waals surface area (Å²) >= 11 is 0. The summed E-state index contributed by atoms with van der Waals surface area (Å²) in [5.74, 6) is 0.681. The van der Waals surface area contributed by atoms with Gasteiger partial charge in [0.05, 0.1) is 0 Å². The Morgan fingerprint density at radius 3 is 2.29 bits per heavy atom. The standard InChI is InChI=1S/C15H26N2/c1-12(2)11-17(13(3)4)15-9-7-6-8-14(15)10-16-5/h6-9,12-13,16H,10-11H2,1-5H3. The van der Waals surface area contributed by atoms with E-state index in [-0.39, 0.29) is 0 Å². The zero-order valence-corrected chi connectivity index (χ0v) is 11.8. The van der Waals surface area contributed by atoms with Gasteiger partial charge in [0.1, 0.15) is 0 Å². The highest BCUT2D eigenvalue weighted by Crippen LogP contribution is 2.23. The lowest BCUT2D eigenvalue weighted by Gasteiger charge is -2.32. The Balaban J connectivity index is 3.00. The first-order chi connectivity index (χ1) is 8.06. The molecule has 0 aromatic heterocycles. The van der Waals surface area contributed by atoms with Crippen LogP contribution in [-0.2, 0) is 6.54 Å². The van der Waals surface area contributed by atoms with E-state index in [1.54, 1.807) is 0 Å². The van der Waals surface area contributed by atoms with Gasteiger partial charge in [-0.3, -0.25) is 0 Å². The van der Waals surface area contributed by atoms with Crippen LogP contribution in [0.4, 0.5) is 5.69 Å². The van der Waals surface area contributed by atoms with E-state index in [9.17, 15) is 0 Å². The highest BCUT2D eigenvalue weighted by molar-refractivity contribution is 5.54. The van der Waals surface area contributed by atoms with Crippen molar-refractivity contribution < 1.29 is 0 Å². The fraction of sp³-hybridized carbons (Fsp3) is 0.600. The lowest BCUT2D eigenvalue weighted by atomic mass is 10.1. The highest BCUT2D eigenvalue weighted by atomic mass is 15.2. The van der Waals surface area contributed by atoms with Crippen molar-refractivity contribution in [2.24, 2.45) is 5.92 Å². The van der Waals surface area contributed by atoms with Gasteiger partial charge in [0.15, 0.2) is 0 Å². The van der Waals surface area contributed by atoms with Crippen molar-refractivity contribution in [1.82, 2.24) is 5.32 Å². The zero-order chi connectivity index (χ0) is 12.8. The van der Waals surface area contributed by atoms with Gasteiger partial charge in [0.25, 0.3) is 0 Å². The SMILES string of the molecule is CNCc1ccccc1N(CC(C)C)C(C)C. The van der Waals surface area contributed by atoms with Gasteiger partial charge >= 0.3 is 0 Å². The van der Waals surface area contributed by atoms with Gasteiger partial charge in [-0.25, -0.2) is 0 Å². The normalized spacial score (nSPS) is 11.2. The molecule has 0 unspecified atom stereocenters. The first kappa shape index (κ1) is 14.0. The smallest absolute Gasteiger partial charge is 0.0414 e. The zero-order valence-electron chi connectivity index (χ0n) is 11.8. The molecule has 1 N–H and O–H groups in total. The number of rotatable bonds is 6. The summed E-state index contributed by atoms with van der Waals surface area (Å²) in [6.45, 7) is 11.1. The Kier molecular flexibility index (Phi) is 5.49. The number of benzene rings is 1. The number of hydrogen-bond donors (Lipinski definition) is 1. The third-order valence-electron chi connectivity index (χ3n) is 2.85. The Morgan fingerprint density at radius 1 is 1.12 bits per heavy atom. The molecule has 0 aliphatic rings. The van der Waals surface area contributed by atoms with Gasteiger partial charge in [0, 0.05) is 24.8 Å². The highest BCUT2D eigenvalue weighted by Gasteiger charge is 2.14. The van der Waals surface area contributed by atoms with Gasteiger partial charge in [-0.2, -0.15) is 0 Å². The molecule has 1 rings (SSSR count). The largest absolute Gasteiger partial charge is 0.369 e. The molecule has 0 aliphatic heterocycles. The predicted molar refractivity (Wildman–Crippen MR) is 76.5 cm³/mol. The quantitative estimate of drug-likeness (QED) is 0.812. The summed E-state index contributed by atoms with van der Waals surface area (Å²) in [5.41, 5.74) is 2.75. The van der Waals surface area contributed by atoms with Crippen LogP contribution in [-0.4, -0.2) is 19.6 Å². The maximum absolute atomic E-state index is 3.24. The molecule has 2 heteroatoms. The first-order valence-corrected chi connectivity index (χ1v) is 6.55. The van der Waals surface area contributed by atoms with Crippen LogP contribution in [0, 0.1) is 5.92 Å². The third-order valence-corrected chi connectivity index (χ3v) is 2.85. The van der Waals surface area contributed by atoms with Crippen LogP contribution in [0.5, 0.6) is 0 Å². The molecule has 2 nitrogen and oxygen atoms in total. The maximum Gasteiger partial charge on any atom is 0.0414 e. The van der Waals surface area contributed by atoms with Crippen molar-refractivity contribution in [3.8, 4) is 0 Å². The minimum absolute atomic E-state index is 0.537. The Morgan fingerprint density at radius 2 is 1.76 bits per heavy atom. The molecule has 17 heavy (non-hydrogen) atoms. The molecule has 0 amide bonds. The number of nitrogens with one attached hydrogen (secondary N) is 1.